The van der Waals surface area contributed by atoms with Crippen molar-refractivity contribution in [1.82, 2.24) is 15.1 Å². The van der Waals surface area contributed by atoms with E-state index < -0.39 is 0 Å². The van der Waals surface area contributed by atoms with E-state index in [4.69, 9.17) is 0 Å². The molecule has 1 aromatic carbocycles. The maximum Gasteiger partial charge on any atom is 0.320 e. The lowest BCUT2D eigenvalue weighted by molar-refractivity contribution is -0.122. The van der Waals surface area contributed by atoms with Crippen molar-refractivity contribution in [2.75, 3.05) is 19.6 Å². The first-order valence-corrected chi connectivity index (χ1v) is 7.58. The molecule has 1 fully saturated rings. The number of carbonyl (C=O) groups is 2. The van der Waals surface area contributed by atoms with Gasteiger partial charge in [0.1, 0.15) is 12.4 Å². The van der Waals surface area contributed by atoms with Gasteiger partial charge in [-0.15, -0.1) is 0 Å². The lowest BCUT2D eigenvalue weighted by Crippen LogP contribution is -2.42. The van der Waals surface area contributed by atoms with Crippen molar-refractivity contribution in [3.05, 3.63) is 35.6 Å². The lowest BCUT2D eigenvalue weighted by Gasteiger charge is -2.19. The maximum atomic E-state index is 13.6. The van der Waals surface area contributed by atoms with E-state index in [9.17, 15) is 14.0 Å². The van der Waals surface area contributed by atoms with Crippen molar-refractivity contribution in [3.8, 4) is 0 Å². The van der Waals surface area contributed by atoms with E-state index in [1.807, 2.05) is 13.8 Å². The zero-order valence-electron chi connectivity index (χ0n) is 13.0. The second-order valence-electron chi connectivity index (χ2n) is 5.59. The van der Waals surface area contributed by atoms with E-state index in [1.165, 1.54) is 11.0 Å². The summed E-state index contributed by atoms with van der Waals surface area (Å²) in [5.74, 6) is -0.473. The van der Waals surface area contributed by atoms with Gasteiger partial charge in [-0.3, -0.25) is 4.79 Å². The van der Waals surface area contributed by atoms with Gasteiger partial charge in [0.05, 0.1) is 6.54 Å². The summed E-state index contributed by atoms with van der Waals surface area (Å²) in [4.78, 5) is 27.2. The van der Waals surface area contributed by atoms with Gasteiger partial charge in [0.2, 0.25) is 5.91 Å². The van der Waals surface area contributed by atoms with Crippen molar-refractivity contribution in [2.24, 2.45) is 0 Å². The molecule has 0 aromatic heterocycles. The number of hydrogen-bond donors (Lipinski definition) is 1. The number of nitrogens with zero attached hydrogens (tertiary/aromatic N) is 2. The summed E-state index contributed by atoms with van der Waals surface area (Å²) < 4.78 is 13.6. The minimum Gasteiger partial charge on any atom is -0.352 e. The molecule has 1 N–H and O–H groups in total. The first-order valence-electron chi connectivity index (χ1n) is 7.58. The molecular formula is C16H22FN3O2. The molecule has 0 radical (unpaired) electrons. The van der Waals surface area contributed by atoms with Crippen LogP contribution in [0.15, 0.2) is 24.3 Å². The summed E-state index contributed by atoms with van der Waals surface area (Å²) in [6, 6.07) is 6.29. The predicted octanol–water partition coefficient (Wildman–Crippen LogP) is 1.98. The topological polar surface area (TPSA) is 52.7 Å². The molecule has 1 saturated heterocycles. The van der Waals surface area contributed by atoms with Crippen molar-refractivity contribution in [1.29, 1.82) is 0 Å². The highest BCUT2D eigenvalue weighted by Gasteiger charge is 2.30. The van der Waals surface area contributed by atoms with Gasteiger partial charge >= 0.3 is 6.03 Å². The average Bonchev–Trinajstić information content (AvgIpc) is 2.82. The van der Waals surface area contributed by atoms with E-state index in [2.05, 4.69) is 5.32 Å². The molecule has 0 saturated carbocycles. The summed E-state index contributed by atoms with van der Waals surface area (Å²) in [5, 5.41) is 2.84. The molecule has 1 aromatic rings. The molecule has 1 heterocycles. The smallest absolute Gasteiger partial charge is 0.320 e. The molecule has 1 unspecified atom stereocenters. The van der Waals surface area contributed by atoms with Crippen LogP contribution < -0.4 is 5.32 Å². The quantitative estimate of drug-likeness (QED) is 0.873. The molecule has 22 heavy (non-hydrogen) atoms. The van der Waals surface area contributed by atoms with Gasteiger partial charge in [-0.05, 0) is 19.4 Å². The van der Waals surface area contributed by atoms with Crippen molar-refractivity contribution in [3.63, 3.8) is 0 Å². The first kappa shape index (κ1) is 16.3. The van der Waals surface area contributed by atoms with Crippen molar-refractivity contribution in [2.45, 2.75) is 32.9 Å². The Kier molecular flexibility index (Phi) is 5.35. The summed E-state index contributed by atoms with van der Waals surface area (Å²) in [6.07, 6.45) is 0.846. The molecule has 0 bridgehead atoms. The van der Waals surface area contributed by atoms with Gasteiger partial charge in [0, 0.05) is 24.7 Å². The standard InChI is InChI=1S/C16H22FN3O2/c1-3-12(2)18-15(21)11-20-9-8-19(16(20)22)10-13-6-4-5-7-14(13)17/h4-7,12H,3,8-11H2,1-2H3,(H,18,21). The van der Waals surface area contributed by atoms with Crippen LogP contribution in [0.5, 0.6) is 0 Å². The Balaban J connectivity index is 1.90. The molecule has 0 spiro atoms. The number of hydrogen-bond acceptors (Lipinski definition) is 2. The molecule has 0 aliphatic carbocycles. The van der Waals surface area contributed by atoms with Crippen LogP contribution in [0.2, 0.25) is 0 Å². The molecule has 3 amide bonds. The molecule has 5 nitrogen and oxygen atoms in total. The highest BCUT2D eigenvalue weighted by atomic mass is 19.1. The monoisotopic (exact) mass is 307 g/mol. The fraction of sp³-hybridized carbons (Fsp3) is 0.500. The third-order valence-electron chi connectivity index (χ3n) is 3.85. The van der Waals surface area contributed by atoms with Crippen LogP contribution in [0.4, 0.5) is 9.18 Å². The van der Waals surface area contributed by atoms with Gasteiger partial charge in [-0.25, -0.2) is 9.18 Å². The van der Waals surface area contributed by atoms with Crippen LogP contribution in [0.1, 0.15) is 25.8 Å². The SMILES string of the molecule is CCC(C)NC(=O)CN1CCN(Cc2ccccc2F)C1=O. The number of nitrogens with one attached hydrogen (secondary N) is 1. The van der Waals surface area contributed by atoms with Crippen LogP contribution in [-0.2, 0) is 11.3 Å². The van der Waals surface area contributed by atoms with Crippen molar-refractivity contribution < 1.29 is 14.0 Å². The Labute approximate surface area is 130 Å². The van der Waals surface area contributed by atoms with Crippen LogP contribution in [0.3, 0.4) is 0 Å². The third kappa shape index (κ3) is 3.96. The zero-order chi connectivity index (χ0) is 16.1. The Hall–Kier alpha value is -2.11. The molecule has 2 rings (SSSR count). The van der Waals surface area contributed by atoms with Gasteiger partial charge in [0.15, 0.2) is 0 Å². The zero-order valence-corrected chi connectivity index (χ0v) is 13.0. The Morgan fingerprint density at radius 2 is 2.00 bits per heavy atom. The Morgan fingerprint density at radius 1 is 1.32 bits per heavy atom. The molecule has 120 valence electrons. The Morgan fingerprint density at radius 3 is 2.68 bits per heavy atom. The van der Waals surface area contributed by atoms with Gasteiger partial charge in [-0.2, -0.15) is 0 Å². The van der Waals surface area contributed by atoms with E-state index >= 15 is 0 Å². The van der Waals surface area contributed by atoms with Crippen LogP contribution in [-0.4, -0.2) is 47.4 Å². The van der Waals surface area contributed by atoms with E-state index in [0.717, 1.165) is 6.42 Å². The molecular weight excluding hydrogens is 285 g/mol. The molecule has 6 heteroatoms. The number of carbonyl (C=O) groups excluding carboxylic acids is 2. The number of benzene rings is 1. The van der Waals surface area contributed by atoms with E-state index in [1.54, 1.807) is 23.1 Å². The fourth-order valence-electron chi connectivity index (χ4n) is 2.35. The Bertz CT molecular complexity index is 550. The summed E-state index contributed by atoms with van der Waals surface area (Å²) in [5.41, 5.74) is 0.488. The average molecular weight is 307 g/mol. The maximum absolute atomic E-state index is 13.6. The number of urea groups is 1. The predicted molar refractivity (Wildman–Crippen MR) is 81.7 cm³/mol. The fourth-order valence-corrected chi connectivity index (χ4v) is 2.35. The number of amides is 3. The lowest BCUT2D eigenvalue weighted by atomic mass is 10.2. The first-order chi connectivity index (χ1) is 10.5. The normalized spacial score (nSPS) is 16.0. The summed E-state index contributed by atoms with van der Waals surface area (Å²) in [6.45, 7) is 5.19. The number of halogens is 1. The highest BCUT2D eigenvalue weighted by Crippen LogP contribution is 2.15. The molecule has 1 atom stereocenters. The van der Waals surface area contributed by atoms with Crippen molar-refractivity contribution >= 4 is 11.9 Å². The van der Waals surface area contributed by atoms with Gasteiger partial charge in [-0.1, -0.05) is 25.1 Å². The summed E-state index contributed by atoms with van der Waals surface area (Å²) >= 11 is 0. The van der Waals surface area contributed by atoms with Crippen LogP contribution >= 0.6 is 0 Å². The minimum absolute atomic E-state index is 0.0525. The largest absolute Gasteiger partial charge is 0.352 e. The molecule has 1 aliphatic heterocycles. The van der Waals surface area contributed by atoms with Gasteiger partial charge < -0.3 is 15.1 Å². The van der Waals surface area contributed by atoms with E-state index in [0.29, 0.717) is 18.7 Å². The summed E-state index contributed by atoms with van der Waals surface area (Å²) in [7, 11) is 0. The molecule has 1 aliphatic rings. The minimum atomic E-state index is -0.316. The highest BCUT2D eigenvalue weighted by molar-refractivity contribution is 5.85. The van der Waals surface area contributed by atoms with Crippen LogP contribution in [0, 0.1) is 5.82 Å². The second-order valence-corrected chi connectivity index (χ2v) is 5.59. The second kappa shape index (κ2) is 7.24. The van der Waals surface area contributed by atoms with Gasteiger partial charge in [0.25, 0.3) is 0 Å². The number of rotatable bonds is 6. The van der Waals surface area contributed by atoms with E-state index in [-0.39, 0.29) is 36.9 Å². The van der Waals surface area contributed by atoms with Crippen LogP contribution in [0.25, 0.3) is 0 Å². The third-order valence-corrected chi connectivity index (χ3v) is 3.85.